The molecule has 0 aromatic heterocycles. The average molecular weight is 133 g/mol. The Kier molecular flexibility index (Phi) is 8.06. The van der Waals surface area contributed by atoms with Crippen molar-refractivity contribution in [2.75, 3.05) is 0 Å². The average Bonchev–Trinajstić information content (AvgIpc) is 1.69. The fourth-order valence-corrected chi connectivity index (χ4v) is 0.292. The molecule has 0 heterocycles. The molecule has 0 aliphatic rings. The van der Waals surface area contributed by atoms with Crippen LogP contribution in [-0.2, 0) is 0 Å². The zero-order valence-electron chi connectivity index (χ0n) is 6.01. The van der Waals surface area contributed by atoms with Gasteiger partial charge in [0.15, 0.2) is 0 Å². The van der Waals surface area contributed by atoms with Gasteiger partial charge in [-0.1, -0.05) is 13.8 Å². The summed E-state index contributed by atoms with van der Waals surface area (Å²) in [5, 5.41) is 18.1. The Morgan fingerprint density at radius 1 is 1.67 bits per heavy atom. The summed E-state index contributed by atoms with van der Waals surface area (Å²) in [6.45, 7) is 3.62. The molecule has 0 saturated heterocycles. The van der Waals surface area contributed by atoms with Crippen LogP contribution in [0.4, 0.5) is 0 Å². The molecule has 2 nitrogen and oxygen atoms in total. The van der Waals surface area contributed by atoms with Gasteiger partial charge in [-0.2, -0.15) is 5.26 Å². The summed E-state index contributed by atoms with van der Waals surface area (Å²) in [7, 11) is 0. The zero-order chi connectivity index (χ0) is 6.57. The van der Waals surface area contributed by atoms with Gasteiger partial charge in [-0.15, -0.1) is 6.26 Å². The number of nitrogens with zero attached hydrogens (tertiary/aromatic N) is 1. The Labute approximate surface area is 77.5 Å². The molecule has 9 heavy (non-hydrogen) atoms. The fourth-order valence-electron chi connectivity index (χ4n) is 0.292. The first-order valence-electron chi connectivity index (χ1n) is 2.44. The first-order chi connectivity index (χ1) is 3.72. The van der Waals surface area contributed by atoms with Gasteiger partial charge in [-0.05, 0) is 5.92 Å². The predicted octanol–water partition coefficient (Wildman–Crippen LogP) is -2.59. The largest absolute Gasteiger partial charge is 1.00 e. The molecule has 44 valence electrons. The summed E-state index contributed by atoms with van der Waals surface area (Å²) < 4.78 is 0. The number of hydrogen-bond acceptors (Lipinski definition) is 2. The number of nitriles is 1. The third-order valence-electron chi connectivity index (χ3n) is 0.878. The van der Waals surface area contributed by atoms with Crippen molar-refractivity contribution in [3.63, 3.8) is 0 Å². The second-order valence-electron chi connectivity index (χ2n) is 1.84. The standard InChI is InChI=1S/C6H9NO.Na/c1-5(2)6(3-7)4-8;/h4-5,8H,1-2H3;/q;+1/p-1/b6-4+;. The summed E-state index contributed by atoms with van der Waals surface area (Å²) in [6.07, 6.45) is 0.602. The van der Waals surface area contributed by atoms with Gasteiger partial charge in [0.2, 0.25) is 0 Å². The van der Waals surface area contributed by atoms with Crippen molar-refractivity contribution in [1.29, 1.82) is 5.26 Å². The maximum Gasteiger partial charge on any atom is 1.00 e. The van der Waals surface area contributed by atoms with Crippen molar-refractivity contribution in [2.24, 2.45) is 5.92 Å². The summed E-state index contributed by atoms with van der Waals surface area (Å²) >= 11 is 0. The van der Waals surface area contributed by atoms with E-state index in [0.29, 0.717) is 11.8 Å². The molecule has 0 aliphatic heterocycles. The van der Waals surface area contributed by atoms with Crippen LogP contribution in [-0.4, -0.2) is 0 Å². The molecule has 0 aromatic rings. The Morgan fingerprint density at radius 3 is 2.11 bits per heavy atom. The molecule has 0 aliphatic carbocycles. The van der Waals surface area contributed by atoms with Crippen molar-refractivity contribution in [3.8, 4) is 6.07 Å². The van der Waals surface area contributed by atoms with E-state index in [4.69, 9.17) is 5.26 Å². The Bertz CT molecular complexity index is 134. The third kappa shape index (κ3) is 4.53. The SMILES string of the molecule is CC(C)/C(C#N)=C/[O-].[Na+]. The topological polar surface area (TPSA) is 46.8 Å². The molecule has 0 rings (SSSR count). The molecule has 3 heteroatoms. The Balaban J connectivity index is 0. The van der Waals surface area contributed by atoms with E-state index in [1.165, 1.54) is 0 Å². The molecule has 0 radical (unpaired) electrons. The maximum absolute atomic E-state index is 9.92. The van der Waals surface area contributed by atoms with E-state index < -0.39 is 0 Å². The van der Waals surface area contributed by atoms with E-state index in [9.17, 15) is 5.11 Å². The van der Waals surface area contributed by atoms with Crippen LogP contribution in [0.15, 0.2) is 11.8 Å². The second kappa shape index (κ2) is 6.15. The molecule has 0 amide bonds. The van der Waals surface area contributed by atoms with E-state index in [-0.39, 0.29) is 35.5 Å². The van der Waals surface area contributed by atoms with Crippen LogP contribution in [0, 0.1) is 17.2 Å². The van der Waals surface area contributed by atoms with E-state index in [2.05, 4.69) is 0 Å². The molecule has 0 fully saturated rings. The minimum Gasteiger partial charge on any atom is -0.877 e. The third-order valence-corrected chi connectivity index (χ3v) is 0.878. The quantitative estimate of drug-likeness (QED) is 0.224. The second-order valence-corrected chi connectivity index (χ2v) is 1.84. The summed E-state index contributed by atoms with van der Waals surface area (Å²) in [5.41, 5.74) is 0.310. The van der Waals surface area contributed by atoms with Crippen molar-refractivity contribution in [3.05, 3.63) is 11.8 Å². The van der Waals surface area contributed by atoms with Crippen LogP contribution in [0.25, 0.3) is 0 Å². The first kappa shape index (κ1) is 11.8. The van der Waals surface area contributed by atoms with Crippen molar-refractivity contribution in [2.45, 2.75) is 13.8 Å². The molecule has 0 bridgehead atoms. The van der Waals surface area contributed by atoms with E-state index in [1.807, 2.05) is 13.8 Å². The Hall–Kier alpha value is 0.0300. The molecular weight excluding hydrogens is 125 g/mol. The van der Waals surface area contributed by atoms with Crippen LogP contribution >= 0.6 is 0 Å². The van der Waals surface area contributed by atoms with Gasteiger partial charge in [-0.3, -0.25) is 0 Å². The smallest absolute Gasteiger partial charge is 0.877 e. The minimum absolute atomic E-state index is 0. The molecule has 0 atom stereocenters. The normalized spacial score (nSPS) is 10.2. The molecule has 0 N–H and O–H groups in total. The summed E-state index contributed by atoms with van der Waals surface area (Å²) in [4.78, 5) is 0. The van der Waals surface area contributed by atoms with Gasteiger partial charge in [-0.25, -0.2) is 0 Å². The van der Waals surface area contributed by atoms with Gasteiger partial charge >= 0.3 is 29.6 Å². The van der Waals surface area contributed by atoms with Gasteiger partial charge in [0, 0.05) is 5.57 Å². The number of hydrogen-bond donors (Lipinski definition) is 0. The van der Waals surface area contributed by atoms with Crippen molar-refractivity contribution in [1.82, 2.24) is 0 Å². The molecule has 0 aromatic carbocycles. The van der Waals surface area contributed by atoms with Gasteiger partial charge in [0.1, 0.15) is 0 Å². The monoisotopic (exact) mass is 133 g/mol. The molecule has 0 unspecified atom stereocenters. The molecular formula is C6H8NNaO. The van der Waals surface area contributed by atoms with E-state index in [1.54, 1.807) is 6.07 Å². The zero-order valence-corrected chi connectivity index (χ0v) is 8.01. The van der Waals surface area contributed by atoms with Gasteiger partial charge in [0.05, 0.1) is 6.07 Å². The fraction of sp³-hybridized carbons (Fsp3) is 0.500. The molecule has 0 spiro atoms. The van der Waals surface area contributed by atoms with Crippen LogP contribution in [0.3, 0.4) is 0 Å². The maximum atomic E-state index is 9.92. The van der Waals surface area contributed by atoms with E-state index >= 15 is 0 Å². The van der Waals surface area contributed by atoms with Gasteiger partial charge < -0.3 is 5.11 Å². The van der Waals surface area contributed by atoms with Gasteiger partial charge in [0.25, 0.3) is 0 Å². The molecule has 0 saturated carbocycles. The number of allylic oxidation sites excluding steroid dienone is 1. The van der Waals surface area contributed by atoms with Crippen molar-refractivity contribution < 1.29 is 34.7 Å². The Morgan fingerprint density at radius 2 is 2.11 bits per heavy atom. The van der Waals surface area contributed by atoms with Crippen LogP contribution in [0.2, 0.25) is 0 Å². The minimum atomic E-state index is 0. The predicted molar refractivity (Wildman–Crippen MR) is 28.5 cm³/mol. The summed E-state index contributed by atoms with van der Waals surface area (Å²) in [6, 6.07) is 1.80. The summed E-state index contributed by atoms with van der Waals surface area (Å²) in [5.74, 6) is 0.0671. The van der Waals surface area contributed by atoms with Crippen LogP contribution in [0.5, 0.6) is 0 Å². The number of rotatable bonds is 1. The van der Waals surface area contributed by atoms with Crippen LogP contribution < -0.4 is 34.7 Å². The van der Waals surface area contributed by atoms with Crippen LogP contribution in [0.1, 0.15) is 13.8 Å². The van der Waals surface area contributed by atoms with E-state index in [0.717, 1.165) is 0 Å². The van der Waals surface area contributed by atoms with Crippen molar-refractivity contribution >= 4 is 0 Å². The first-order valence-corrected chi connectivity index (χ1v) is 2.44.